The average molecular weight is 260 g/mol. The maximum absolute atomic E-state index is 11.8. The lowest BCUT2D eigenvalue weighted by Gasteiger charge is -2.18. The number of hydrogen-bond acceptors (Lipinski definition) is 3. The summed E-state index contributed by atoms with van der Waals surface area (Å²) in [4.78, 5) is 12.9. The molecular formula is C10H16N2O4S. The Morgan fingerprint density at radius 3 is 2.47 bits per heavy atom. The molecule has 0 spiro atoms. The fourth-order valence-electron chi connectivity index (χ4n) is 1.05. The molecule has 0 radical (unpaired) electrons. The van der Waals surface area contributed by atoms with Crippen LogP contribution in [0.5, 0.6) is 0 Å². The Morgan fingerprint density at radius 2 is 2.06 bits per heavy atom. The second-order valence-corrected chi connectivity index (χ2v) is 6.71. The van der Waals surface area contributed by atoms with Crippen molar-refractivity contribution in [3.05, 3.63) is 18.0 Å². The van der Waals surface area contributed by atoms with Crippen molar-refractivity contribution < 1.29 is 18.3 Å². The van der Waals surface area contributed by atoms with Gasteiger partial charge in [0.05, 0.1) is 0 Å². The molecule has 1 rings (SSSR count). The molecule has 0 aliphatic carbocycles. The van der Waals surface area contributed by atoms with Crippen LogP contribution in [0.3, 0.4) is 0 Å². The smallest absolute Gasteiger partial charge is 0.352 e. The van der Waals surface area contributed by atoms with Crippen LogP contribution in [0.4, 0.5) is 0 Å². The Kier molecular flexibility index (Phi) is 3.63. The molecule has 0 saturated carbocycles. The van der Waals surface area contributed by atoms with Crippen molar-refractivity contribution in [2.45, 2.75) is 25.7 Å². The van der Waals surface area contributed by atoms with Crippen LogP contribution < -0.4 is 4.72 Å². The summed E-state index contributed by atoms with van der Waals surface area (Å²) in [5, 5.41) is 8.68. The molecule has 17 heavy (non-hydrogen) atoms. The summed E-state index contributed by atoms with van der Waals surface area (Å²) in [6.45, 7) is 5.98. The van der Waals surface area contributed by atoms with Gasteiger partial charge in [0.1, 0.15) is 10.6 Å². The highest BCUT2D eigenvalue weighted by Gasteiger charge is 2.20. The molecular weight excluding hydrogens is 244 g/mol. The molecule has 7 heteroatoms. The highest BCUT2D eigenvalue weighted by atomic mass is 32.2. The SMILES string of the molecule is CC(C)(C)CNS(=O)(=O)c1c[nH]c(C(=O)O)c1. The van der Waals surface area contributed by atoms with Crippen molar-refractivity contribution in [2.24, 2.45) is 5.41 Å². The number of H-pyrrole nitrogens is 1. The number of nitrogens with one attached hydrogen (secondary N) is 2. The molecule has 0 bridgehead atoms. The zero-order chi connectivity index (χ0) is 13.3. The normalized spacial score (nSPS) is 12.6. The second kappa shape index (κ2) is 4.50. The summed E-state index contributed by atoms with van der Waals surface area (Å²) in [7, 11) is -3.65. The molecule has 0 unspecified atom stereocenters. The first-order valence-electron chi connectivity index (χ1n) is 5.03. The fourth-order valence-corrected chi connectivity index (χ4v) is 2.32. The van der Waals surface area contributed by atoms with Gasteiger partial charge in [-0.05, 0) is 11.5 Å². The Hall–Kier alpha value is -1.34. The summed E-state index contributed by atoms with van der Waals surface area (Å²) in [5.74, 6) is -1.19. The monoisotopic (exact) mass is 260 g/mol. The lowest BCUT2D eigenvalue weighted by molar-refractivity contribution is 0.0691. The van der Waals surface area contributed by atoms with Crippen LogP contribution in [-0.2, 0) is 10.0 Å². The average Bonchev–Trinajstić information content (AvgIpc) is 2.63. The molecule has 0 atom stereocenters. The van der Waals surface area contributed by atoms with Gasteiger partial charge in [-0.3, -0.25) is 0 Å². The van der Waals surface area contributed by atoms with Gasteiger partial charge in [-0.2, -0.15) is 0 Å². The third-order valence-corrected chi connectivity index (χ3v) is 3.37. The van der Waals surface area contributed by atoms with E-state index in [1.54, 1.807) is 0 Å². The van der Waals surface area contributed by atoms with E-state index in [9.17, 15) is 13.2 Å². The molecule has 6 nitrogen and oxygen atoms in total. The van der Waals surface area contributed by atoms with E-state index in [-0.39, 0.29) is 22.5 Å². The van der Waals surface area contributed by atoms with E-state index in [2.05, 4.69) is 9.71 Å². The van der Waals surface area contributed by atoms with Crippen LogP contribution in [0.15, 0.2) is 17.2 Å². The summed E-state index contributed by atoms with van der Waals surface area (Å²) < 4.78 is 26.0. The maximum atomic E-state index is 11.8. The lowest BCUT2D eigenvalue weighted by Crippen LogP contribution is -2.32. The van der Waals surface area contributed by atoms with Gasteiger partial charge < -0.3 is 10.1 Å². The molecule has 1 aromatic heterocycles. The number of carbonyl (C=O) groups is 1. The number of aromatic carboxylic acids is 1. The van der Waals surface area contributed by atoms with Crippen LogP contribution in [0.1, 0.15) is 31.3 Å². The molecule has 0 saturated heterocycles. The molecule has 0 aliphatic rings. The maximum Gasteiger partial charge on any atom is 0.352 e. The van der Waals surface area contributed by atoms with Crippen LogP contribution >= 0.6 is 0 Å². The van der Waals surface area contributed by atoms with Gasteiger partial charge in [-0.15, -0.1) is 0 Å². The molecule has 0 aliphatic heterocycles. The zero-order valence-electron chi connectivity index (χ0n) is 9.94. The van der Waals surface area contributed by atoms with E-state index >= 15 is 0 Å². The number of carboxylic acids is 1. The number of rotatable bonds is 4. The second-order valence-electron chi connectivity index (χ2n) is 4.94. The lowest BCUT2D eigenvalue weighted by atomic mass is 9.98. The Balaban J connectivity index is 2.86. The summed E-state index contributed by atoms with van der Waals surface area (Å²) in [5.41, 5.74) is -0.333. The number of aromatic nitrogens is 1. The number of hydrogen-bond donors (Lipinski definition) is 3. The first kappa shape index (κ1) is 13.7. The minimum atomic E-state index is -3.65. The summed E-state index contributed by atoms with van der Waals surface area (Å²) in [6, 6.07) is 1.09. The topological polar surface area (TPSA) is 99.3 Å². The van der Waals surface area contributed by atoms with E-state index in [1.807, 2.05) is 20.8 Å². The molecule has 3 N–H and O–H groups in total. The number of sulfonamides is 1. The van der Waals surface area contributed by atoms with Gasteiger partial charge in [-0.25, -0.2) is 17.9 Å². The van der Waals surface area contributed by atoms with Gasteiger partial charge in [0.2, 0.25) is 10.0 Å². The standard InChI is InChI=1S/C10H16N2O4S/c1-10(2,3)6-12-17(15,16)7-4-8(9(13)14)11-5-7/h4-5,11-12H,6H2,1-3H3,(H,13,14). The summed E-state index contributed by atoms with van der Waals surface area (Å²) in [6.07, 6.45) is 1.16. The van der Waals surface area contributed by atoms with Crippen molar-refractivity contribution in [3.63, 3.8) is 0 Å². The molecule has 0 fully saturated rings. The minimum absolute atomic E-state index is 0.0702. The molecule has 0 aromatic carbocycles. The summed E-state index contributed by atoms with van der Waals surface area (Å²) >= 11 is 0. The Bertz CT molecular complexity index is 511. The zero-order valence-corrected chi connectivity index (χ0v) is 10.8. The van der Waals surface area contributed by atoms with Crippen LogP contribution in [0.25, 0.3) is 0 Å². The predicted octanol–water partition coefficient (Wildman–Crippen LogP) is 1.04. The predicted molar refractivity (Wildman–Crippen MR) is 62.4 cm³/mol. The number of carboxylic acid groups (broad SMARTS) is 1. The van der Waals surface area contributed by atoms with Gasteiger partial charge in [0.25, 0.3) is 0 Å². The highest BCUT2D eigenvalue weighted by Crippen LogP contribution is 2.15. The van der Waals surface area contributed by atoms with Gasteiger partial charge in [0, 0.05) is 12.7 Å². The van der Waals surface area contributed by atoms with E-state index in [1.165, 1.54) is 0 Å². The fraction of sp³-hybridized carbons (Fsp3) is 0.500. The molecule has 1 heterocycles. The third kappa shape index (κ3) is 3.86. The molecule has 96 valence electrons. The van der Waals surface area contributed by atoms with Crippen LogP contribution in [0, 0.1) is 5.41 Å². The first-order valence-corrected chi connectivity index (χ1v) is 6.51. The Morgan fingerprint density at radius 1 is 1.47 bits per heavy atom. The van der Waals surface area contributed by atoms with Gasteiger partial charge in [-0.1, -0.05) is 20.8 Å². The van der Waals surface area contributed by atoms with Crippen molar-refractivity contribution >= 4 is 16.0 Å². The third-order valence-electron chi connectivity index (χ3n) is 1.99. The highest BCUT2D eigenvalue weighted by molar-refractivity contribution is 7.89. The Labute approximate surface area is 100 Å². The van der Waals surface area contributed by atoms with Crippen molar-refractivity contribution in [1.82, 2.24) is 9.71 Å². The van der Waals surface area contributed by atoms with Crippen LogP contribution in [0.2, 0.25) is 0 Å². The quantitative estimate of drug-likeness (QED) is 0.753. The number of aromatic amines is 1. The van der Waals surface area contributed by atoms with Gasteiger partial charge in [0.15, 0.2) is 0 Å². The van der Waals surface area contributed by atoms with Crippen molar-refractivity contribution in [2.75, 3.05) is 6.54 Å². The first-order chi connectivity index (χ1) is 7.62. The van der Waals surface area contributed by atoms with Gasteiger partial charge >= 0.3 is 5.97 Å². The van der Waals surface area contributed by atoms with Crippen molar-refractivity contribution in [3.8, 4) is 0 Å². The molecule has 0 amide bonds. The van der Waals surface area contributed by atoms with E-state index in [0.29, 0.717) is 0 Å². The van der Waals surface area contributed by atoms with E-state index in [4.69, 9.17) is 5.11 Å². The van der Waals surface area contributed by atoms with E-state index in [0.717, 1.165) is 12.3 Å². The van der Waals surface area contributed by atoms with E-state index < -0.39 is 16.0 Å². The van der Waals surface area contributed by atoms with Crippen molar-refractivity contribution in [1.29, 1.82) is 0 Å². The minimum Gasteiger partial charge on any atom is -0.477 e. The van der Waals surface area contributed by atoms with Crippen LogP contribution in [-0.4, -0.2) is 31.0 Å². The largest absolute Gasteiger partial charge is 0.477 e. The molecule has 1 aromatic rings.